The quantitative estimate of drug-likeness (QED) is 0.590. The van der Waals surface area contributed by atoms with Crippen molar-refractivity contribution < 1.29 is 19.2 Å². The predicted molar refractivity (Wildman–Crippen MR) is 51.2 cm³/mol. The molecular formula is C10H8N2O4. The summed E-state index contributed by atoms with van der Waals surface area (Å²) in [6.45, 7) is 1.71. The molecule has 2 aliphatic heterocycles. The number of imide groups is 2. The molecule has 82 valence electrons. The molecule has 0 aromatic rings. The van der Waals surface area contributed by atoms with Gasteiger partial charge in [-0.2, -0.15) is 10.0 Å². The van der Waals surface area contributed by atoms with Gasteiger partial charge in [-0.05, 0) is 6.42 Å². The van der Waals surface area contributed by atoms with E-state index in [1.54, 1.807) is 6.92 Å². The first-order valence-electron chi connectivity index (χ1n) is 4.71. The Bertz CT molecular complexity index is 457. The highest BCUT2D eigenvalue weighted by atomic mass is 16.2. The second kappa shape index (κ2) is 3.41. The fourth-order valence-corrected chi connectivity index (χ4v) is 1.54. The van der Waals surface area contributed by atoms with E-state index >= 15 is 0 Å². The lowest BCUT2D eigenvalue weighted by atomic mass is 10.2. The Hall–Kier alpha value is -2.24. The molecule has 0 radical (unpaired) electrons. The molecule has 0 N–H and O–H groups in total. The number of hydrogen-bond donors (Lipinski definition) is 0. The fourth-order valence-electron chi connectivity index (χ4n) is 1.54. The third-order valence-corrected chi connectivity index (χ3v) is 2.34. The SMILES string of the molecule is CCC1=CC(=O)N(N2C(=O)C=CC2=O)C1=O. The molecule has 2 rings (SSSR count). The summed E-state index contributed by atoms with van der Waals surface area (Å²) in [5.41, 5.74) is 0.289. The van der Waals surface area contributed by atoms with Crippen molar-refractivity contribution in [1.82, 2.24) is 10.0 Å². The highest BCUT2D eigenvalue weighted by Crippen LogP contribution is 2.20. The first-order valence-corrected chi connectivity index (χ1v) is 4.71. The summed E-state index contributed by atoms with van der Waals surface area (Å²) >= 11 is 0. The second-order valence-corrected chi connectivity index (χ2v) is 3.30. The minimum atomic E-state index is -0.683. The van der Waals surface area contributed by atoms with Gasteiger partial charge >= 0.3 is 0 Å². The van der Waals surface area contributed by atoms with Crippen LogP contribution < -0.4 is 0 Å². The minimum Gasteiger partial charge on any atom is -0.267 e. The summed E-state index contributed by atoms with van der Waals surface area (Å²) in [7, 11) is 0. The molecule has 4 amide bonds. The van der Waals surface area contributed by atoms with Gasteiger partial charge in [0.15, 0.2) is 0 Å². The predicted octanol–water partition coefficient (Wildman–Crippen LogP) is -0.468. The smallest absolute Gasteiger partial charge is 0.267 e. The molecule has 0 spiro atoms. The van der Waals surface area contributed by atoms with E-state index in [-0.39, 0.29) is 5.57 Å². The van der Waals surface area contributed by atoms with Gasteiger partial charge in [0.1, 0.15) is 0 Å². The van der Waals surface area contributed by atoms with Crippen LogP contribution in [0.4, 0.5) is 0 Å². The average molecular weight is 220 g/mol. The van der Waals surface area contributed by atoms with Crippen molar-refractivity contribution >= 4 is 23.6 Å². The van der Waals surface area contributed by atoms with Crippen molar-refractivity contribution in [3.05, 3.63) is 23.8 Å². The van der Waals surface area contributed by atoms with Crippen molar-refractivity contribution in [3.63, 3.8) is 0 Å². The lowest BCUT2D eigenvalue weighted by molar-refractivity contribution is -0.169. The van der Waals surface area contributed by atoms with E-state index in [9.17, 15) is 19.2 Å². The molecule has 0 bridgehead atoms. The Morgan fingerprint density at radius 3 is 1.94 bits per heavy atom. The second-order valence-electron chi connectivity index (χ2n) is 3.30. The Morgan fingerprint density at radius 2 is 1.50 bits per heavy atom. The summed E-state index contributed by atoms with van der Waals surface area (Å²) in [6, 6.07) is 0. The van der Waals surface area contributed by atoms with Crippen LogP contribution in [-0.4, -0.2) is 33.6 Å². The van der Waals surface area contributed by atoms with Gasteiger partial charge in [0.2, 0.25) is 0 Å². The number of hydrazine groups is 1. The zero-order valence-electron chi connectivity index (χ0n) is 8.47. The third kappa shape index (κ3) is 1.27. The van der Waals surface area contributed by atoms with Crippen molar-refractivity contribution in [3.8, 4) is 0 Å². The standard InChI is InChI=1S/C10H8N2O4/c1-2-6-5-9(15)12(10(6)16)11-7(13)3-4-8(11)14/h3-5H,2H2,1H3. The van der Waals surface area contributed by atoms with Crippen LogP contribution in [0.25, 0.3) is 0 Å². The van der Waals surface area contributed by atoms with E-state index in [1.165, 1.54) is 0 Å². The molecule has 0 saturated heterocycles. The number of carbonyl (C=O) groups excluding carboxylic acids is 4. The first-order chi connectivity index (χ1) is 7.56. The topological polar surface area (TPSA) is 74.8 Å². The monoisotopic (exact) mass is 220 g/mol. The van der Waals surface area contributed by atoms with E-state index < -0.39 is 23.6 Å². The van der Waals surface area contributed by atoms with Crippen molar-refractivity contribution in [2.75, 3.05) is 0 Å². The molecule has 0 unspecified atom stereocenters. The molecular weight excluding hydrogens is 212 g/mol. The summed E-state index contributed by atoms with van der Waals surface area (Å²) in [5.74, 6) is -2.64. The van der Waals surface area contributed by atoms with E-state index in [4.69, 9.17) is 0 Å². The Labute approximate surface area is 90.8 Å². The molecule has 6 nitrogen and oxygen atoms in total. The first kappa shape index (κ1) is 10.3. The van der Waals surface area contributed by atoms with Gasteiger partial charge < -0.3 is 0 Å². The molecule has 0 atom stereocenters. The summed E-state index contributed by atoms with van der Waals surface area (Å²) in [5, 5.41) is 1.12. The summed E-state index contributed by atoms with van der Waals surface area (Å²) < 4.78 is 0. The molecule has 2 heterocycles. The normalized spacial score (nSPS) is 20.2. The minimum absolute atomic E-state index is 0.289. The average Bonchev–Trinajstić information content (AvgIpc) is 2.70. The molecule has 0 aliphatic carbocycles. The number of amides is 4. The van der Waals surface area contributed by atoms with Crippen molar-refractivity contribution in [1.29, 1.82) is 0 Å². The van der Waals surface area contributed by atoms with Crippen LogP contribution in [0.5, 0.6) is 0 Å². The molecule has 0 fully saturated rings. The Morgan fingerprint density at radius 1 is 0.938 bits per heavy atom. The maximum absolute atomic E-state index is 11.7. The van der Waals surface area contributed by atoms with Crippen LogP contribution in [0.2, 0.25) is 0 Å². The Kier molecular flexibility index (Phi) is 2.19. The number of rotatable bonds is 2. The molecule has 6 heteroatoms. The van der Waals surface area contributed by atoms with Gasteiger partial charge in [0.25, 0.3) is 23.6 Å². The van der Waals surface area contributed by atoms with Gasteiger partial charge in [-0.3, -0.25) is 19.2 Å². The molecule has 2 aliphatic rings. The van der Waals surface area contributed by atoms with Crippen LogP contribution in [0, 0.1) is 0 Å². The maximum Gasteiger partial charge on any atom is 0.276 e. The maximum atomic E-state index is 11.7. The zero-order valence-corrected chi connectivity index (χ0v) is 8.47. The fraction of sp³-hybridized carbons (Fsp3) is 0.200. The largest absolute Gasteiger partial charge is 0.276 e. The van der Waals surface area contributed by atoms with Gasteiger partial charge in [0.05, 0.1) is 0 Å². The van der Waals surface area contributed by atoms with Crippen molar-refractivity contribution in [2.45, 2.75) is 13.3 Å². The summed E-state index contributed by atoms with van der Waals surface area (Å²) in [4.78, 5) is 45.8. The van der Waals surface area contributed by atoms with E-state index in [1.807, 2.05) is 0 Å². The van der Waals surface area contributed by atoms with Crippen LogP contribution in [0.15, 0.2) is 23.8 Å². The van der Waals surface area contributed by atoms with E-state index in [0.717, 1.165) is 18.2 Å². The van der Waals surface area contributed by atoms with Crippen LogP contribution in [-0.2, 0) is 19.2 Å². The van der Waals surface area contributed by atoms with Crippen LogP contribution in [0.3, 0.4) is 0 Å². The molecule has 0 aromatic heterocycles. The van der Waals surface area contributed by atoms with Gasteiger partial charge in [0, 0.05) is 23.8 Å². The van der Waals surface area contributed by atoms with Gasteiger partial charge in [-0.25, -0.2) is 0 Å². The zero-order chi connectivity index (χ0) is 11.9. The molecule has 16 heavy (non-hydrogen) atoms. The third-order valence-electron chi connectivity index (χ3n) is 2.34. The van der Waals surface area contributed by atoms with Crippen LogP contribution in [0.1, 0.15) is 13.3 Å². The lowest BCUT2D eigenvalue weighted by Crippen LogP contribution is -2.50. The van der Waals surface area contributed by atoms with E-state index in [2.05, 4.69) is 0 Å². The highest BCUT2D eigenvalue weighted by molar-refractivity contribution is 6.22. The Balaban J connectivity index is 2.32. The number of nitrogens with zero attached hydrogens (tertiary/aromatic N) is 2. The highest BCUT2D eigenvalue weighted by Gasteiger charge is 2.41. The van der Waals surface area contributed by atoms with Gasteiger partial charge in [-0.15, -0.1) is 0 Å². The summed E-state index contributed by atoms with van der Waals surface area (Å²) in [6.07, 6.45) is 3.56. The van der Waals surface area contributed by atoms with E-state index in [0.29, 0.717) is 16.4 Å². The van der Waals surface area contributed by atoms with Gasteiger partial charge in [-0.1, -0.05) is 6.92 Å². The van der Waals surface area contributed by atoms with Crippen LogP contribution >= 0.6 is 0 Å². The van der Waals surface area contributed by atoms with Crippen molar-refractivity contribution in [2.24, 2.45) is 0 Å². The number of carbonyl (C=O) groups is 4. The lowest BCUT2D eigenvalue weighted by Gasteiger charge is -2.23. The number of hydrogen-bond acceptors (Lipinski definition) is 4. The molecule has 0 aromatic carbocycles. The molecule has 0 saturated carbocycles.